The van der Waals surface area contributed by atoms with Crippen LogP contribution < -0.4 is 5.32 Å². The van der Waals surface area contributed by atoms with Crippen molar-refractivity contribution in [2.24, 2.45) is 0 Å². The van der Waals surface area contributed by atoms with Crippen LogP contribution in [0.25, 0.3) is 16.2 Å². The predicted octanol–water partition coefficient (Wildman–Crippen LogP) is 3.65. The van der Waals surface area contributed by atoms with E-state index in [-0.39, 0.29) is 17.2 Å². The Hall–Kier alpha value is -2.97. The van der Waals surface area contributed by atoms with Crippen molar-refractivity contribution in [1.29, 1.82) is 0 Å². The SMILES string of the molecule is CS(=O)(=O)c1ccc(NC(=O)Cc2csc3nc(-c4ccccc4)cn23)cc1. The van der Waals surface area contributed by atoms with Crippen LogP contribution >= 0.6 is 11.3 Å². The minimum Gasteiger partial charge on any atom is -0.326 e. The number of nitrogens with one attached hydrogen (secondary N) is 1. The fraction of sp³-hybridized carbons (Fsp3) is 0.100. The van der Waals surface area contributed by atoms with Gasteiger partial charge in [0.1, 0.15) is 0 Å². The van der Waals surface area contributed by atoms with E-state index < -0.39 is 9.84 Å². The lowest BCUT2D eigenvalue weighted by molar-refractivity contribution is -0.115. The molecule has 0 saturated heterocycles. The maximum absolute atomic E-state index is 12.4. The summed E-state index contributed by atoms with van der Waals surface area (Å²) in [5, 5.41) is 4.72. The second-order valence-electron chi connectivity index (χ2n) is 6.39. The number of carbonyl (C=O) groups is 1. The van der Waals surface area contributed by atoms with E-state index in [0.717, 1.165) is 28.2 Å². The van der Waals surface area contributed by atoms with Gasteiger partial charge < -0.3 is 5.32 Å². The summed E-state index contributed by atoms with van der Waals surface area (Å²) < 4.78 is 25.0. The van der Waals surface area contributed by atoms with E-state index in [9.17, 15) is 13.2 Å². The summed E-state index contributed by atoms with van der Waals surface area (Å²) in [5.74, 6) is -0.179. The van der Waals surface area contributed by atoms with E-state index in [1.165, 1.54) is 23.5 Å². The van der Waals surface area contributed by atoms with Crippen molar-refractivity contribution >= 4 is 37.7 Å². The molecule has 0 aliphatic heterocycles. The number of anilines is 1. The van der Waals surface area contributed by atoms with Crippen molar-refractivity contribution < 1.29 is 13.2 Å². The molecule has 0 aliphatic carbocycles. The third-order valence-electron chi connectivity index (χ3n) is 4.26. The Morgan fingerprint density at radius 3 is 2.50 bits per heavy atom. The maximum Gasteiger partial charge on any atom is 0.230 e. The molecule has 0 bridgehead atoms. The molecule has 0 saturated carbocycles. The number of carbonyl (C=O) groups excluding carboxylic acids is 1. The van der Waals surface area contributed by atoms with E-state index in [2.05, 4.69) is 10.3 Å². The number of benzene rings is 2. The van der Waals surface area contributed by atoms with Crippen molar-refractivity contribution in [3.05, 3.63) is 71.9 Å². The standard InChI is InChI=1S/C20H17N3O3S2/c1-28(25,26)17-9-7-15(8-10-17)21-19(24)11-16-13-27-20-22-18(12-23(16)20)14-5-3-2-4-6-14/h2-10,12-13H,11H2,1H3,(H,21,24). The van der Waals surface area contributed by atoms with Crippen LogP contribution in [0.4, 0.5) is 5.69 Å². The molecular weight excluding hydrogens is 394 g/mol. The maximum atomic E-state index is 12.4. The quantitative estimate of drug-likeness (QED) is 0.544. The first-order chi connectivity index (χ1) is 13.4. The van der Waals surface area contributed by atoms with Crippen LogP contribution in [0.15, 0.2) is 71.1 Å². The van der Waals surface area contributed by atoms with Crippen LogP contribution in [0.5, 0.6) is 0 Å². The molecule has 28 heavy (non-hydrogen) atoms. The van der Waals surface area contributed by atoms with Crippen LogP contribution in [0.1, 0.15) is 5.69 Å². The molecule has 0 spiro atoms. The molecule has 2 aromatic heterocycles. The first kappa shape index (κ1) is 18.4. The summed E-state index contributed by atoms with van der Waals surface area (Å²) in [6.45, 7) is 0. The monoisotopic (exact) mass is 411 g/mol. The molecule has 2 heterocycles. The third-order valence-corrected chi connectivity index (χ3v) is 6.28. The molecule has 0 radical (unpaired) electrons. The lowest BCUT2D eigenvalue weighted by Crippen LogP contribution is -2.15. The molecule has 0 aliphatic rings. The summed E-state index contributed by atoms with van der Waals surface area (Å²) in [7, 11) is -3.26. The fourth-order valence-corrected chi connectivity index (χ4v) is 4.36. The Morgan fingerprint density at radius 2 is 1.82 bits per heavy atom. The molecule has 6 nitrogen and oxygen atoms in total. The molecule has 8 heteroatoms. The number of hydrogen-bond acceptors (Lipinski definition) is 5. The second-order valence-corrected chi connectivity index (χ2v) is 9.25. The largest absolute Gasteiger partial charge is 0.326 e. The van der Waals surface area contributed by atoms with Crippen molar-refractivity contribution in [2.45, 2.75) is 11.3 Å². The smallest absolute Gasteiger partial charge is 0.230 e. The Morgan fingerprint density at radius 1 is 1.11 bits per heavy atom. The molecule has 2 aromatic carbocycles. The number of thiazole rings is 1. The zero-order valence-corrected chi connectivity index (χ0v) is 16.6. The third kappa shape index (κ3) is 3.83. The van der Waals surface area contributed by atoms with Gasteiger partial charge in [-0.25, -0.2) is 13.4 Å². The number of rotatable bonds is 5. The van der Waals surface area contributed by atoms with Gasteiger partial charge in [0.25, 0.3) is 0 Å². The van der Waals surface area contributed by atoms with Gasteiger partial charge in [0.2, 0.25) is 5.91 Å². The van der Waals surface area contributed by atoms with Crippen LogP contribution in [0.2, 0.25) is 0 Å². The lowest BCUT2D eigenvalue weighted by Gasteiger charge is -2.06. The minimum atomic E-state index is -3.26. The van der Waals surface area contributed by atoms with Gasteiger partial charge in [-0.1, -0.05) is 30.3 Å². The number of amides is 1. The van der Waals surface area contributed by atoms with Crippen LogP contribution in [0, 0.1) is 0 Å². The zero-order valence-electron chi connectivity index (χ0n) is 15.0. The summed E-state index contributed by atoms with van der Waals surface area (Å²) in [6.07, 6.45) is 3.28. The van der Waals surface area contributed by atoms with E-state index in [1.54, 1.807) is 12.1 Å². The highest BCUT2D eigenvalue weighted by Gasteiger charge is 2.13. The van der Waals surface area contributed by atoms with Gasteiger partial charge in [-0.15, -0.1) is 11.3 Å². The van der Waals surface area contributed by atoms with Gasteiger partial charge in [-0.3, -0.25) is 9.20 Å². The lowest BCUT2D eigenvalue weighted by atomic mass is 10.2. The number of aromatic nitrogens is 2. The minimum absolute atomic E-state index is 0.179. The highest BCUT2D eigenvalue weighted by atomic mass is 32.2. The molecule has 0 fully saturated rings. The fourth-order valence-electron chi connectivity index (χ4n) is 2.86. The first-order valence-electron chi connectivity index (χ1n) is 8.51. The normalized spacial score (nSPS) is 11.6. The van der Waals surface area contributed by atoms with Gasteiger partial charge in [0, 0.05) is 34.8 Å². The van der Waals surface area contributed by atoms with Crippen molar-refractivity contribution in [1.82, 2.24) is 9.38 Å². The number of fused-ring (bicyclic) bond motifs is 1. The van der Waals surface area contributed by atoms with Gasteiger partial charge in [0.15, 0.2) is 14.8 Å². The molecule has 1 N–H and O–H groups in total. The predicted molar refractivity (Wildman–Crippen MR) is 110 cm³/mol. The summed E-state index contributed by atoms with van der Waals surface area (Å²) >= 11 is 1.49. The Labute approximate surface area is 166 Å². The van der Waals surface area contributed by atoms with Crippen molar-refractivity contribution in [3.63, 3.8) is 0 Å². The van der Waals surface area contributed by atoms with Gasteiger partial charge >= 0.3 is 0 Å². The number of nitrogens with zero attached hydrogens (tertiary/aromatic N) is 2. The average Bonchev–Trinajstić information content (AvgIpc) is 3.24. The van der Waals surface area contributed by atoms with Crippen LogP contribution in [-0.4, -0.2) is 30.0 Å². The van der Waals surface area contributed by atoms with Gasteiger partial charge in [0.05, 0.1) is 17.0 Å². The number of sulfone groups is 1. The Kier molecular flexibility index (Phi) is 4.74. The van der Waals surface area contributed by atoms with E-state index in [4.69, 9.17) is 0 Å². The molecular formula is C20H17N3O3S2. The Balaban J connectivity index is 1.50. The van der Waals surface area contributed by atoms with E-state index in [1.807, 2.05) is 46.3 Å². The van der Waals surface area contributed by atoms with Crippen molar-refractivity contribution in [2.75, 3.05) is 11.6 Å². The van der Waals surface area contributed by atoms with E-state index >= 15 is 0 Å². The molecule has 1 amide bonds. The number of imidazole rings is 1. The first-order valence-corrected chi connectivity index (χ1v) is 11.3. The molecule has 0 atom stereocenters. The van der Waals surface area contributed by atoms with Crippen molar-refractivity contribution in [3.8, 4) is 11.3 Å². The highest BCUT2D eigenvalue weighted by molar-refractivity contribution is 7.90. The molecule has 0 unspecified atom stereocenters. The number of hydrogen-bond donors (Lipinski definition) is 1. The average molecular weight is 412 g/mol. The Bertz CT molecular complexity index is 1240. The molecule has 4 aromatic rings. The summed E-state index contributed by atoms with van der Waals surface area (Å²) in [6, 6.07) is 16.0. The van der Waals surface area contributed by atoms with Crippen LogP contribution in [-0.2, 0) is 21.1 Å². The highest BCUT2D eigenvalue weighted by Crippen LogP contribution is 2.24. The van der Waals surface area contributed by atoms with E-state index in [0.29, 0.717) is 5.69 Å². The van der Waals surface area contributed by atoms with Gasteiger partial charge in [-0.05, 0) is 24.3 Å². The van der Waals surface area contributed by atoms with Gasteiger partial charge in [-0.2, -0.15) is 0 Å². The van der Waals surface area contributed by atoms with Crippen LogP contribution in [0.3, 0.4) is 0 Å². The molecule has 142 valence electrons. The summed E-state index contributed by atoms with van der Waals surface area (Å²) in [5.41, 5.74) is 3.30. The molecule has 4 rings (SSSR count). The second kappa shape index (κ2) is 7.21. The summed E-state index contributed by atoms with van der Waals surface area (Å²) in [4.78, 5) is 18.1. The topological polar surface area (TPSA) is 80.5 Å². The zero-order chi connectivity index (χ0) is 19.7.